The van der Waals surface area contributed by atoms with Crippen molar-refractivity contribution in [1.82, 2.24) is 5.32 Å². The van der Waals surface area contributed by atoms with Crippen LogP contribution in [0.15, 0.2) is 60.7 Å². The maximum Gasteiger partial charge on any atom is 0.416 e. The zero-order chi connectivity index (χ0) is 29.3. The van der Waals surface area contributed by atoms with Crippen molar-refractivity contribution in [2.75, 3.05) is 6.54 Å². The fourth-order valence-electron chi connectivity index (χ4n) is 4.58. The molecule has 0 fully saturated rings. The van der Waals surface area contributed by atoms with Crippen LogP contribution in [0.3, 0.4) is 0 Å². The van der Waals surface area contributed by atoms with Gasteiger partial charge in [0.25, 0.3) is 5.91 Å². The lowest BCUT2D eigenvalue weighted by Crippen LogP contribution is -2.26. The average Bonchev–Trinajstić information content (AvgIpc) is 2.91. The molecule has 0 bridgehead atoms. The fraction of sp³-hybridized carbons (Fsp3) is 0.375. The van der Waals surface area contributed by atoms with Crippen LogP contribution in [-0.2, 0) is 11.0 Å². The summed E-state index contributed by atoms with van der Waals surface area (Å²) in [5.74, 6) is -0.581. The number of carboxylic acid groups (broad SMARTS) is 1. The van der Waals surface area contributed by atoms with Gasteiger partial charge in [0.2, 0.25) is 0 Å². The number of aryl methyl sites for hydroxylation is 2. The van der Waals surface area contributed by atoms with E-state index in [0.29, 0.717) is 11.1 Å². The quantitative estimate of drug-likeness (QED) is 0.207. The molecule has 8 heteroatoms. The molecule has 0 aromatic heterocycles. The molecule has 0 aliphatic carbocycles. The van der Waals surface area contributed by atoms with Crippen LogP contribution in [0.4, 0.5) is 13.2 Å². The number of alkyl halides is 3. The molecule has 3 rings (SSSR count). The Morgan fingerprint density at radius 2 is 1.55 bits per heavy atom. The van der Waals surface area contributed by atoms with Gasteiger partial charge in [0, 0.05) is 13.5 Å². The summed E-state index contributed by atoms with van der Waals surface area (Å²) < 4.78 is 45.5. The molecule has 0 heterocycles. The number of carbonyl (C=O) groups excluding carboxylic acids is 1. The van der Waals surface area contributed by atoms with Crippen LogP contribution in [0.1, 0.15) is 85.6 Å². The third-order valence-corrected chi connectivity index (χ3v) is 6.75. The van der Waals surface area contributed by atoms with Gasteiger partial charge in [0.05, 0.1) is 12.0 Å². The smallest absolute Gasteiger partial charge is 0.416 e. The highest BCUT2D eigenvalue weighted by Crippen LogP contribution is 2.36. The Morgan fingerprint density at radius 3 is 2.10 bits per heavy atom. The van der Waals surface area contributed by atoms with E-state index < -0.39 is 17.7 Å². The molecule has 1 amide bonds. The van der Waals surface area contributed by atoms with Gasteiger partial charge in [-0.15, -0.1) is 0 Å². The molecule has 3 aromatic carbocycles. The second-order valence-electron chi connectivity index (χ2n) is 9.99. The zero-order valence-electron chi connectivity index (χ0n) is 23.1. The summed E-state index contributed by atoms with van der Waals surface area (Å²) >= 11 is 0. The van der Waals surface area contributed by atoms with Gasteiger partial charge in [-0.3, -0.25) is 9.59 Å². The first-order valence-electron chi connectivity index (χ1n) is 13.5. The molecular formula is C32H38F3NO4. The normalized spacial score (nSPS) is 12.2. The van der Waals surface area contributed by atoms with E-state index in [9.17, 15) is 22.8 Å². The van der Waals surface area contributed by atoms with Gasteiger partial charge in [-0.1, -0.05) is 50.5 Å². The van der Waals surface area contributed by atoms with Crippen molar-refractivity contribution >= 4 is 11.9 Å². The molecule has 0 aliphatic rings. The second-order valence-corrected chi connectivity index (χ2v) is 9.99. The number of hydrogen-bond acceptors (Lipinski definition) is 3. The molecule has 3 aromatic rings. The van der Waals surface area contributed by atoms with E-state index in [-0.39, 0.29) is 26.4 Å². The van der Waals surface area contributed by atoms with E-state index in [4.69, 9.17) is 9.84 Å². The molecule has 1 atom stereocenters. The summed E-state index contributed by atoms with van der Waals surface area (Å²) in [7, 11) is 0. The Kier molecular flexibility index (Phi) is 10.8. The van der Waals surface area contributed by atoms with Gasteiger partial charge in [0.15, 0.2) is 0 Å². The van der Waals surface area contributed by atoms with Gasteiger partial charge in [0.1, 0.15) is 11.9 Å². The minimum absolute atomic E-state index is 0. The molecule has 5 nitrogen and oxygen atoms in total. The van der Waals surface area contributed by atoms with Crippen molar-refractivity contribution in [3.05, 3.63) is 88.5 Å². The van der Waals surface area contributed by atoms with E-state index in [0.717, 1.165) is 72.2 Å². The largest absolute Gasteiger partial charge is 0.485 e. The highest BCUT2D eigenvalue weighted by atomic mass is 19.4. The monoisotopic (exact) mass is 557 g/mol. The first-order chi connectivity index (χ1) is 19.0. The highest BCUT2D eigenvalue weighted by Gasteiger charge is 2.30. The molecule has 1 unspecified atom stereocenters. The SMILES string of the molecule is CCCCCCC(Oc1c(C)cc(-c2ccc(C(F)(F)F)cc2)cc1C)c1ccc(C(=O)NCCC(=O)O)cc1.[HH]. The van der Waals surface area contributed by atoms with E-state index in [1.54, 1.807) is 12.1 Å². The van der Waals surface area contributed by atoms with Crippen LogP contribution >= 0.6 is 0 Å². The third kappa shape index (κ3) is 8.60. The van der Waals surface area contributed by atoms with Crippen molar-refractivity contribution in [1.29, 1.82) is 0 Å². The molecule has 40 heavy (non-hydrogen) atoms. The summed E-state index contributed by atoms with van der Waals surface area (Å²) in [5.41, 5.74) is 3.94. The van der Waals surface area contributed by atoms with Crippen LogP contribution in [0.25, 0.3) is 11.1 Å². The number of amides is 1. The minimum Gasteiger partial charge on any atom is -0.485 e. The number of halogens is 3. The summed E-state index contributed by atoms with van der Waals surface area (Å²) in [6, 6.07) is 16.1. The molecule has 0 saturated carbocycles. The standard InChI is InChI=1S/C32H36F3NO4.H2/c1-4-5-6-7-8-28(24-9-11-25(12-10-24)31(39)36-18-17-29(37)38)40-30-21(2)19-26(20-22(30)3)23-13-15-27(16-14-23)32(33,34)35;/h9-16,19-20,28H,4-8,17-18H2,1-3H3,(H,36,39)(H,37,38);1H. The maximum atomic E-state index is 13.0. The summed E-state index contributed by atoms with van der Waals surface area (Å²) in [6.07, 6.45) is 0.287. The van der Waals surface area contributed by atoms with Gasteiger partial charge < -0.3 is 15.2 Å². The second kappa shape index (κ2) is 14.0. The van der Waals surface area contributed by atoms with Crippen LogP contribution < -0.4 is 10.1 Å². The molecule has 216 valence electrons. The van der Waals surface area contributed by atoms with E-state index >= 15 is 0 Å². The first kappa shape index (κ1) is 30.7. The lowest BCUT2D eigenvalue weighted by molar-refractivity contribution is -0.138. The number of carbonyl (C=O) groups is 2. The number of aliphatic carboxylic acids is 1. The molecule has 0 radical (unpaired) electrons. The summed E-state index contributed by atoms with van der Waals surface area (Å²) in [4.78, 5) is 23.1. The maximum absolute atomic E-state index is 13.0. The summed E-state index contributed by atoms with van der Waals surface area (Å²) in [6.45, 7) is 6.06. The highest BCUT2D eigenvalue weighted by molar-refractivity contribution is 5.94. The number of unbranched alkanes of at least 4 members (excludes halogenated alkanes) is 3. The number of rotatable bonds is 13. The Bertz CT molecular complexity index is 1270. The fourth-order valence-corrected chi connectivity index (χ4v) is 4.58. The average molecular weight is 558 g/mol. The number of hydrogen-bond donors (Lipinski definition) is 2. The number of ether oxygens (including phenoxy) is 1. The molecule has 0 spiro atoms. The molecule has 0 saturated heterocycles. The van der Waals surface area contributed by atoms with Crippen LogP contribution in [0, 0.1) is 13.8 Å². The van der Waals surface area contributed by atoms with E-state index in [2.05, 4.69) is 12.2 Å². The lowest BCUT2D eigenvalue weighted by Gasteiger charge is -2.23. The lowest BCUT2D eigenvalue weighted by atomic mass is 9.97. The molecule has 0 aliphatic heterocycles. The summed E-state index contributed by atoms with van der Waals surface area (Å²) in [5, 5.41) is 11.4. The third-order valence-electron chi connectivity index (χ3n) is 6.75. The Balaban J connectivity index is 0.00000588. The van der Waals surface area contributed by atoms with Crippen molar-refractivity contribution in [2.45, 2.75) is 71.6 Å². The predicted molar refractivity (Wildman–Crippen MR) is 152 cm³/mol. The predicted octanol–water partition coefficient (Wildman–Crippen LogP) is 8.53. The van der Waals surface area contributed by atoms with Crippen molar-refractivity contribution in [2.24, 2.45) is 0 Å². The Morgan fingerprint density at radius 1 is 0.925 bits per heavy atom. The van der Waals surface area contributed by atoms with E-state index in [1.807, 2.05) is 38.1 Å². The van der Waals surface area contributed by atoms with Gasteiger partial charge in [-0.25, -0.2) is 0 Å². The van der Waals surface area contributed by atoms with Crippen molar-refractivity contribution in [3.63, 3.8) is 0 Å². The van der Waals surface area contributed by atoms with Gasteiger partial charge in [-0.05, 0) is 90.9 Å². The molecule has 2 N–H and O–H groups in total. The van der Waals surface area contributed by atoms with Gasteiger partial charge in [-0.2, -0.15) is 13.2 Å². The van der Waals surface area contributed by atoms with Gasteiger partial charge >= 0.3 is 12.1 Å². The minimum atomic E-state index is -4.38. The van der Waals surface area contributed by atoms with Crippen LogP contribution in [-0.4, -0.2) is 23.5 Å². The Hall–Kier alpha value is -3.81. The zero-order valence-corrected chi connectivity index (χ0v) is 23.1. The van der Waals surface area contributed by atoms with Crippen LogP contribution in [0.5, 0.6) is 5.75 Å². The molecular weight excluding hydrogens is 519 g/mol. The van der Waals surface area contributed by atoms with Crippen LogP contribution in [0.2, 0.25) is 0 Å². The number of nitrogens with one attached hydrogen (secondary N) is 1. The van der Waals surface area contributed by atoms with Crippen molar-refractivity contribution in [3.8, 4) is 16.9 Å². The number of benzene rings is 3. The Labute approximate surface area is 234 Å². The van der Waals surface area contributed by atoms with Crippen molar-refractivity contribution < 1.29 is 34.0 Å². The first-order valence-corrected chi connectivity index (χ1v) is 13.5. The topological polar surface area (TPSA) is 75.6 Å². The number of carboxylic acids is 1. The van der Waals surface area contributed by atoms with E-state index in [1.165, 1.54) is 12.1 Å².